The number of nitrogens with zero attached hydrogens (tertiary/aromatic N) is 3. The van der Waals surface area contributed by atoms with Crippen molar-refractivity contribution in [1.29, 1.82) is 0 Å². The van der Waals surface area contributed by atoms with Gasteiger partial charge in [0, 0.05) is 18.5 Å². The molecule has 0 saturated heterocycles. The van der Waals surface area contributed by atoms with Crippen molar-refractivity contribution in [3.63, 3.8) is 0 Å². The van der Waals surface area contributed by atoms with Crippen molar-refractivity contribution in [3.8, 4) is 5.69 Å². The monoisotopic (exact) mass is 515 g/mol. The van der Waals surface area contributed by atoms with Gasteiger partial charge in [-0.3, -0.25) is 9.36 Å². The Balaban J connectivity index is 1.65. The smallest absolute Gasteiger partial charge is 0.370 e. The number of benzene rings is 2. The number of ether oxygens (including phenoxy) is 1. The highest BCUT2D eigenvalue weighted by molar-refractivity contribution is 7.13. The van der Waals surface area contributed by atoms with Crippen molar-refractivity contribution < 1.29 is 17.9 Å². The number of aromatic nitrogens is 3. The highest BCUT2D eigenvalue weighted by Gasteiger charge is 2.35. The molecule has 172 valence electrons. The van der Waals surface area contributed by atoms with Gasteiger partial charge < -0.3 is 4.74 Å². The van der Waals surface area contributed by atoms with E-state index in [9.17, 15) is 22.8 Å². The molecule has 0 spiro atoms. The predicted octanol–water partition coefficient (Wildman–Crippen LogP) is 5.19. The van der Waals surface area contributed by atoms with Gasteiger partial charge in [-0.15, -0.1) is 0 Å². The standard InChI is InChI=1S/C21H14Cl2F3N3O3S/c1-28-18(21(24,25)26)8-19(30)29(20(28)31)12-3-5-17-13(7-12)16(27-33-17)10-32-9-11-2-4-14(22)15(23)6-11/h2-8H,9-10H2,1H3. The average Bonchev–Trinajstić information content (AvgIpc) is 3.15. The summed E-state index contributed by atoms with van der Waals surface area (Å²) < 4.78 is 51.2. The van der Waals surface area contributed by atoms with Gasteiger partial charge in [0.25, 0.3) is 5.56 Å². The molecule has 2 aromatic heterocycles. The Morgan fingerprint density at radius 1 is 1.03 bits per heavy atom. The molecule has 0 saturated carbocycles. The maximum absolute atomic E-state index is 13.1. The summed E-state index contributed by atoms with van der Waals surface area (Å²) in [6, 6.07) is 10.2. The third-order valence-corrected chi connectivity index (χ3v) is 6.49. The summed E-state index contributed by atoms with van der Waals surface area (Å²) in [6.45, 7) is 0.373. The van der Waals surface area contributed by atoms with Gasteiger partial charge in [-0.1, -0.05) is 29.3 Å². The minimum atomic E-state index is -4.83. The summed E-state index contributed by atoms with van der Waals surface area (Å²) in [7, 11) is 0.966. The molecule has 6 nitrogen and oxygen atoms in total. The van der Waals surface area contributed by atoms with E-state index in [0.29, 0.717) is 36.3 Å². The molecular formula is C21H14Cl2F3N3O3S. The van der Waals surface area contributed by atoms with Gasteiger partial charge in [0.1, 0.15) is 5.69 Å². The van der Waals surface area contributed by atoms with Gasteiger partial charge in [0.15, 0.2) is 0 Å². The van der Waals surface area contributed by atoms with Gasteiger partial charge in [-0.25, -0.2) is 9.36 Å². The van der Waals surface area contributed by atoms with Crippen LogP contribution in [0.4, 0.5) is 13.2 Å². The number of rotatable bonds is 5. The van der Waals surface area contributed by atoms with Crippen molar-refractivity contribution in [2.45, 2.75) is 19.4 Å². The molecule has 0 N–H and O–H groups in total. The van der Waals surface area contributed by atoms with E-state index in [1.165, 1.54) is 23.7 Å². The van der Waals surface area contributed by atoms with Crippen molar-refractivity contribution in [2.24, 2.45) is 7.05 Å². The molecule has 4 rings (SSSR count). The quantitative estimate of drug-likeness (QED) is 0.367. The summed E-state index contributed by atoms with van der Waals surface area (Å²) in [4.78, 5) is 25.0. The Kier molecular flexibility index (Phi) is 6.37. The fourth-order valence-corrected chi connectivity index (χ4v) is 4.33. The lowest BCUT2D eigenvalue weighted by Crippen LogP contribution is -2.40. The summed E-state index contributed by atoms with van der Waals surface area (Å²) in [5.74, 6) is 0. The normalized spacial score (nSPS) is 11.9. The highest BCUT2D eigenvalue weighted by Crippen LogP contribution is 2.28. The van der Waals surface area contributed by atoms with Gasteiger partial charge >= 0.3 is 11.9 Å². The van der Waals surface area contributed by atoms with Crippen LogP contribution >= 0.6 is 34.7 Å². The molecule has 0 fully saturated rings. The Morgan fingerprint density at radius 2 is 1.79 bits per heavy atom. The third-order valence-electron chi connectivity index (χ3n) is 4.89. The van der Waals surface area contributed by atoms with Gasteiger partial charge in [0.05, 0.1) is 39.3 Å². The minimum absolute atomic E-state index is 0.129. The fraction of sp³-hybridized carbons (Fsp3) is 0.190. The fourth-order valence-electron chi connectivity index (χ4n) is 3.25. The molecule has 2 aromatic carbocycles. The van der Waals surface area contributed by atoms with Gasteiger partial charge in [-0.05, 0) is 47.4 Å². The molecule has 0 aliphatic rings. The number of fused-ring (bicyclic) bond motifs is 1. The van der Waals surface area contributed by atoms with E-state index in [0.717, 1.165) is 17.3 Å². The lowest BCUT2D eigenvalue weighted by atomic mass is 10.2. The largest absolute Gasteiger partial charge is 0.431 e. The first kappa shape index (κ1) is 23.5. The van der Waals surface area contributed by atoms with Crippen molar-refractivity contribution in [1.82, 2.24) is 13.5 Å². The predicted molar refractivity (Wildman–Crippen MR) is 120 cm³/mol. The van der Waals surface area contributed by atoms with Crippen LogP contribution in [0.25, 0.3) is 15.8 Å². The van der Waals surface area contributed by atoms with Crippen molar-refractivity contribution >= 4 is 44.8 Å². The first-order valence-corrected chi connectivity index (χ1v) is 10.9. The average molecular weight is 516 g/mol. The molecule has 0 aliphatic heterocycles. The molecular weight excluding hydrogens is 502 g/mol. The van der Waals surface area contributed by atoms with E-state index in [1.54, 1.807) is 24.3 Å². The van der Waals surface area contributed by atoms with Crippen LogP contribution in [0, 0.1) is 0 Å². The van der Waals surface area contributed by atoms with E-state index >= 15 is 0 Å². The molecule has 4 aromatic rings. The second kappa shape index (κ2) is 8.94. The molecule has 0 atom stereocenters. The first-order valence-electron chi connectivity index (χ1n) is 9.37. The lowest BCUT2D eigenvalue weighted by molar-refractivity contribution is -0.144. The molecule has 2 heterocycles. The maximum atomic E-state index is 13.1. The molecule has 0 radical (unpaired) electrons. The van der Waals surface area contributed by atoms with Crippen LogP contribution in [-0.4, -0.2) is 13.5 Å². The Hall–Kier alpha value is -2.66. The Bertz CT molecular complexity index is 1480. The van der Waals surface area contributed by atoms with Crippen LogP contribution in [0.1, 0.15) is 17.0 Å². The van der Waals surface area contributed by atoms with Crippen LogP contribution in [-0.2, 0) is 31.2 Å². The third kappa shape index (κ3) is 4.70. The van der Waals surface area contributed by atoms with E-state index in [2.05, 4.69) is 4.37 Å². The second-order valence-electron chi connectivity index (χ2n) is 7.09. The number of alkyl halides is 3. The number of hydrogen-bond donors (Lipinski definition) is 0. The summed E-state index contributed by atoms with van der Waals surface area (Å²) in [5, 5.41) is 1.47. The second-order valence-corrected chi connectivity index (χ2v) is 8.71. The van der Waals surface area contributed by atoms with Crippen LogP contribution in [0.5, 0.6) is 0 Å². The zero-order valence-electron chi connectivity index (χ0n) is 16.8. The van der Waals surface area contributed by atoms with E-state index in [-0.39, 0.29) is 18.9 Å². The topological polar surface area (TPSA) is 66.1 Å². The first-order chi connectivity index (χ1) is 15.6. The Morgan fingerprint density at radius 3 is 2.48 bits per heavy atom. The molecule has 0 bridgehead atoms. The SMILES string of the molecule is Cn1c(C(F)(F)F)cc(=O)n(-c2ccc3snc(COCc4ccc(Cl)c(Cl)c4)c3c2)c1=O. The van der Waals surface area contributed by atoms with E-state index in [1.807, 2.05) is 0 Å². The zero-order valence-corrected chi connectivity index (χ0v) is 19.1. The molecule has 0 aliphatic carbocycles. The van der Waals surface area contributed by atoms with Gasteiger partial charge in [-0.2, -0.15) is 17.5 Å². The highest BCUT2D eigenvalue weighted by atomic mass is 35.5. The van der Waals surface area contributed by atoms with Crippen LogP contribution < -0.4 is 11.2 Å². The van der Waals surface area contributed by atoms with Crippen LogP contribution in [0.15, 0.2) is 52.1 Å². The molecule has 0 unspecified atom stereocenters. The van der Waals surface area contributed by atoms with Crippen LogP contribution in [0.3, 0.4) is 0 Å². The summed E-state index contributed by atoms with van der Waals surface area (Å²) in [5.41, 5.74) is -1.99. The number of halogens is 5. The van der Waals surface area contributed by atoms with Gasteiger partial charge in [0.2, 0.25) is 0 Å². The lowest BCUT2D eigenvalue weighted by Gasteiger charge is -2.14. The van der Waals surface area contributed by atoms with Crippen LogP contribution in [0.2, 0.25) is 10.0 Å². The summed E-state index contributed by atoms with van der Waals surface area (Å²) >= 11 is 13.1. The maximum Gasteiger partial charge on any atom is 0.431 e. The van der Waals surface area contributed by atoms with Crippen molar-refractivity contribution in [2.75, 3.05) is 0 Å². The molecule has 0 amide bonds. The molecule has 12 heteroatoms. The van der Waals surface area contributed by atoms with E-state index in [4.69, 9.17) is 27.9 Å². The molecule has 33 heavy (non-hydrogen) atoms. The number of hydrogen-bond acceptors (Lipinski definition) is 5. The zero-order chi connectivity index (χ0) is 23.9. The Labute approximate surface area is 198 Å². The van der Waals surface area contributed by atoms with Crippen molar-refractivity contribution in [3.05, 3.63) is 90.3 Å². The van der Waals surface area contributed by atoms with E-state index < -0.39 is 23.1 Å². The summed E-state index contributed by atoms with van der Waals surface area (Å²) in [6.07, 6.45) is -4.83. The minimum Gasteiger partial charge on any atom is -0.370 e.